The van der Waals surface area contributed by atoms with Gasteiger partial charge in [0.1, 0.15) is 0 Å². The van der Waals surface area contributed by atoms with Gasteiger partial charge in [-0.1, -0.05) is 27.7 Å². The Morgan fingerprint density at radius 2 is 1.43 bits per heavy atom. The van der Waals surface area contributed by atoms with E-state index in [-0.39, 0.29) is 17.1 Å². The van der Waals surface area contributed by atoms with Crippen molar-refractivity contribution in [2.24, 2.45) is 0 Å². The van der Waals surface area contributed by atoms with E-state index in [0.29, 0.717) is 0 Å². The molecule has 14 heavy (non-hydrogen) atoms. The maximum atomic E-state index is 12.0. The lowest BCUT2D eigenvalue weighted by Gasteiger charge is -2.33. The van der Waals surface area contributed by atoms with Crippen molar-refractivity contribution in [1.82, 2.24) is 0 Å². The molecule has 0 aromatic rings. The van der Waals surface area contributed by atoms with Gasteiger partial charge in [0, 0.05) is 6.42 Å². The summed E-state index contributed by atoms with van der Waals surface area (Å²) in [6, 6.07) is -0.0775. The second-order valence-electron chi connectivity index (χ2n) is 4.42. The molecule has 0 fully saturated rings. The van der Waals surface area contributed by atoms with Crippen molar-refractivity contribution in [2.75, 3.05) is 0 Å². The molecule has 0 aromatic carbocycles. The zero-order chi connectivity index (χ0) is 11.6. The molecule has 0 unspecified atom stereocenters. The molecule has 0 aromatic heterocycles. The molecule has 0 heterocycles. The highest BCUT2D eigenvalue weighted by Gasteiger charge is 2.41. The maximum Gasteiger partial charge on any atom is 0.388 e. The van der Waals surface area contributed by atoms with Gasteiger partial charge >= 0.3 is 6.18 Å². The molecule has 0 radical (unpaired) electrons. The van der Waals surface area contributed by atoms with E-state index in [0.717, 1.165) is 0 Å². The van der Waals surface area contributed by atoms with Crippen molar-refractivity contribution < 1.29 is 18.0 Å². The van der Waals surface area contributed by atoms with Gasteiger partial charge in [0.25, 0.3) is 0 Å². The van der Waals surface area contributed by atoms with Gasteiger partial charge in [-0.3, -0.25) is 0 Å². The molecule has 1 nitrogen and oxygen atoms in total. The van der Waals surface area contributed by atoms with Crippen LogP contribution in [0.25, 0.3) is 0 Å². The number of hydrogen-bond acceptors (Lipinski definition) is 1. The van der Waals surface area contributed by atoms with Gasteiger partial charge in [0.2, 0.25) is 0 Å². The lowest BCUT2D eigenvalue weighted by molar-refractivity contribution is -0.131. The lowest BCUT2D eigenvalue weighted by Crippen LogP contribution is -2.42. The number of halogens is 3. The fraction of sp³-hybridized carbons (Fsp3) is 1.00. The Morgan fingerprint density at radius 1 is 1.07 bits per heavy atom. The van der Waals surface area contributed by atoms with Crippen LogP contribution in [0, 0.1) is 0 Å². The Bertz CT molecular complexity index is 169. The third kappa shape index (κ3) is 4.00. The number of hydrogen-bond donors (Lipinski definition) is 1. The second kappa shape index (κ2) is 4.66. The van der Waals surface area contributed by atoms with Gasteiger partial charge in [-0.15, -0.1) is 0 Å². The summed E-state index contributed by atoms with van der Waals surface area (Å²) in [5, 5.41) is 0. The highest BCUT2D eigenvalue weighted by molar-refractivity contribution is 6.75. The van der Waals surface area contributed by atoms with Crippen LogP contribution in [0.2, 0.25) is 17.1 Å². The largest absolute Gasteiger partial charge is 0.431 e. The van der Waals surface area contributed by atoms with Gasteiger partial charge < -0.3 is 4.80 Å². The summed E-state index contributed by atoms with van der Waals surface area (Å²) in [4.78, 5) is 10.2. The molecule has 0 amide bonds. The van der Waals surface area contributed by atoms with Crippen molar-refractivity contribution in [3.05, 3.63) is 0 Å². The van der Waals surface area contributed by atoms with Gasteiger partial charge in [0.15, 0.2) is 8.32 Å². The number of alkyl halides is 3. The smallest absolute Gasteiger partial charge is 0.388 e. The average molecular weight is 228 g/mol. The highest BCUT2D eigenvalue weighted by Crippen LogP contribution is 2.37. The van der Waals surface area contributed by atoms with Gasteiger partial charge in [-0.05, 0) is 17.1 Å². The van der Waals surface area contributed by atoms with Crippen molar-refractivity contribution in [2.45, 2.75) is 57.4 Å². The predicted molar refractivity (Wildman–Crippen MR) is 53.6 cm³/mol. The van der Waals surface area contributed by atoms with Crippen LogP contribution in [0.5, 0.6) is 0 Å². The minimum Gasteiger partial charge on any atom is -0.431 e. The fourth-order valence-electron chi connectivity index (χ4n) is 1.59. The van der Waals surface area contributed by atoms with Gasteiger partial charge in [0.05, 0.1) is 0 Å². The summed E-state index contributed by atoms with van der Waals surface area (Å²) in [6.45, 7) is 7.23. The molecule has 0 saturated carbocycles. The minimum atomic E-state index is -4.15. The molecule has 0 rings (SSSR count). The summed E-state index contributed by atoms with van der Waals surface area (Å²) in [7, 11) is -2.73. The van der Waals surface area contributed by atoms with Gasteiger partial charge in [-0.2, -0.15) is 13.2 Å². The molecule has 0 spiro atoms. The van der Waals surface area contributed by atoms with Crippen molar-refractivity contribution in [1.29, 1.82) is 0 Å². The Kier molecular flexibility index (Phi) is 4.65. The predicted octanol–water partition coefficient (Wildman–Crippen LogP) is 3.70. The van der Waals surface area contributed by atoms with Crippen LogP contribution >= 0.6 is 0 Å². The first-order valence-corrected chi connectivity index (χ1v) is 7.19. The van der Waals surface area contributed by atoms with Crippen LogP contribution in [-0.2, 0) is 0 Å². The van der Waals surface area contributed by atoms with E-state index in [1.54, 1.807) is 0 Å². The highest BCUT2D eigenvalue weighted by atomic mass is 28.4. The van der Waals surface area contributed by atoms with E-state index in [4.69, 9.17) is 0 Å². The fourth-order valence-corrected chi connectivity index (χ4v) is 4.76. The minimum absolute atomic E-state index is 0.0233. The molecular formula is C9H19F3OSi. The summed E-state index contributed by atoms with van der Waals surface area (Å²) in [5.74, 6) is 0. The molecule has 0 bridgehead atoms. The Hall–Kier alpha value is -0.0331. The standard InChI is InChI=1S/C9H19F3OSi/c1-7(2)14(13,8(3)4)6-5-9(10,11)12/h7-8,13H,5-6H2,1-4H3. The maximum absolute atomic E-state index is 12.0. The number of rotatable bonds is 4. The lowest BCUT2D eigenvalue weighted by atomic mass is 10.5. The molecule has 0 saturated heterocycles. The molecule has 5 heteroatoms. The summed E-state index contributed by atoms with van der Waals surface area (Å²) in [5.41, 5.74) is -0.0466. The van der Waals surface area contributed by atoms with E-state index >= 15 is 0 Å². The summed E-state index contributed by atoms with van der Waals surface area (Å²) < 4.78 is 36.1. The van der Waals surface area contributed by atoms with Crippen molar-refractivity contribution in [3.63, 3.8) is 0 Å². The molecule has 0 aliphatic carbocycles. The summed E-state index contributed by atoms with van der Waals surface area (Å²) in [6.07, 6.45) is -5.00. The monoisotopic (exact) mass is 228 g/mol. The summed E-state index contributed by atoms with van der Waals surface area (Å²) >= 11 is 0. The van der Waals surface area contributed by atoms with E-state index < -0.39 is 20.9 Å². The van der Waals surface area contributed by atoms with E-state index in [9.17, 15) is 18.0 Å². The Labute approximate surface area is 84.5 Å². The molecule has 0 aliphatic rings. The third-order valence-corrected chi connectivity index (χ3v) is 7.86. The van der Waals surface area contributed by atoms with Crippen molar-refractivity contribution in [3.8, 4) is 0 Å². The van der Waals surface area contributed by atoms with Crippen LogP contribution in [0.15, 0.2) is 0 Å². The molecular weight excluding hydrogens is 209 g/mol. The van der Waals surface area contributed by atoms with Crippen LogP contribution in [0.1, 0.15) is 34.1 Å². The molecule has 1 N–H and O–H groups in total. The molecule has 86 valence electrons. The normalized spacial score (nSPS) is 14.1. The quantitative estimate of drug-likeness (QED) is 0.727. The topological polar surface area (TPSA) is 20.2 Å². The Balaban J connectivity index is 4.40. The second-order valence-corrected chi connectivity index (χ2v) is 9.21. The zero-order valence-electron chi connectivity index (χ0n) is 9.15. The van der Waals surface area contributed by atoms with E-state index in [2.05, 4.69) is 0 Å². The molecule has 0 atom stereocenters. The van der Waals surface area contributed by atoms with Crippen LogP contribution in [0.4, 0.5) is 13.2 Å². The Morgan fingerprint density at radius 3 is 1.64 bits per heavy atom. The SMILES string of the molecule is CC(C)[Si](O)(CCC(F)(F)F)C(C)C. The first-order valence-electron chi connectivity index (χ1n) is 4.88. The first kappa shape index (κ1) is 14.0. The van der Waals surface area contributed by atoms with Crippen LogP contribution in [0.3, 0.4) is 0 Å². The van der Waals surface area contributed by atoms with Crippen molar-refractivity contribution >= 4 is 8.32 Å². The third-order valence-electron chi connectivity index (χ3n) is 2.81. The van der Waals surface area contributed by atoms with Crippen LogP contribution in [-0.4, -0.2) is 19.3 Å². The molecule has 0 aliphatic heterocycles. The van der Waals surface area contributed by atoms with E-state index in [1.165, 1.54) is 0 Å². The van der Waals surface area contributed by atoms with E-state index in [1.807, 2.05) is 27.7 Å². The van der Waals surface area contributed by atoms with Crippen LogP contribution < -0.4 is 0 Å². The van der Waals surface area contributed by atoms with Gasteiger partial charge in [-0.25, -0.2) is 0 Å². The first-order chi connectivity index (χ1) is 6.09. The zero-order valence-corrected chi connectivity index (χ0v) is 10.2. The average Bonchev–Trinajstić information content (AvgIpc) is 1.97.